The smallest absolute Gasteiger partial charge is 0.143 e. The highest BCUT2D eigenvalue weighted by molar-refractivity contribution is 9.10. The largest absolute Gasteiger partial charge is 0.507 e. The summed E-state index contributed by atoms with van der Waals surface area (Å²) >= 11 is 3.36. The molecular formula is C14H10BrN5O. The molecule has 1 heterocycles. The fourth-order valence-corrected chi connectivity index (χ4v) is 2.12. The second-order valence-electron chi connectivity index (χ2n) is 4.23. The van der Waals surface area contributed by atoms with E-state index in [1.165, 1.54) is 6.33 Å². The molecule has 0 unspecified atom stereocenters. The van der Waals surface area contributed by atoms with Gasteiger partial charge in [0.1, 0.15) is 12.1 Å². The van der Waals surface area contributed by atoms with Gasteiger partial charge in [0.25, 0.3) is 0 Å². The van der Waals surface area contributed by atoms with Gasteiger partial charge in [-0.15, -0.1) is 5.10 Å². The lowest BCUT2D eigenvalue weighted by Crippen LogP contribution is -1.93. The van der Waals surface area contributed by atoms with Crippen molar-refractivity contribution in [3.8, 4) is 11.4 Å². The molecule has 7 heteroatoms. The third-order valence-corrected chi connectivity index (χ3v) is 3.30. The summed E-state index contributed by atoms with van der Waals surface area (Å²) in [6.45, 7) is 0. The molecule has 0 saturated carbocycles. The summed E-state index contributed by atoms with van der Waals surface area (Å²) < 4.78 is 2.45. The molecule has 0 aliphatic heterocycles. The van der Waals surface area contributed by atoms with Crippen molar-refractivity contribution in [2.24, 2.45) is 4.99 Å². The van der Waals surface area contributed by atoms with Crippen LogP contribution in [0.5, 0.6) is 5.75 Å². The Morgan fingerprint density at radius 2 is 1.95 bits per heavy atom. The highest BCUT2D eigenvalue weighted by atomic mass is 79.9. The molecule has 0 radical (unpaired) electrons. The number of phenols is 1. The maximum Gasteiger partial charge on any atom is 0.143 e. The molecule has 1 aromatic heterocycles. The Kier molecular flexibility index (Phi) is 3.74. The molecule has 0 bridgehead atoms. The molecule has 0 fully saturated rings. The first-order valence-electron chi connectivity index (χ1n) is 6.08. The first kappa shape index (κ1) is 13.4. The molecule has 1 N–H and O–H groups in total. The molecule has 0 aliphatic carbocycles. The minimum Gasteiger partial charge on any atom is -0.507 e. The van der Waals surface area contributed by atoms with Crippen molar-refractivity contribution in [3.63, 3.8) is 0 Å². The van der Waals surface area contributed by atoms with Gasteiger partial charge in [-0.2, -0.15) is 0 Å². The molecular weight excluding hydrogens is 334 g/mol. The Morgan fingerprint density at radius 3 is 2.67 bits per heavy atom. The van der Waals surface area contributed by atoms with Gasteiger partial charge >= 0.3 is 0 Å². The lowest BCUT2D eigenvalue weighted by molar-refractivity contribution is 0.474. The number of aliphatic imine (C=N–C) groups is 1. The van der Waals surface area contributed by atoms with E-state index in [1.807, 2.05) is 24.3 Å². The van der Waals surface area contributed by atoms with Crippen LogP contribution in [0, 0.1) is 0 Å². The van der Waals surface area contributed by atoms with Crippen LogP contribution < -0.4 is 0 Å². The number of halogens is 1. The lowest BCUT2D eigenvalue weighted by atomic mass is 10.2. The summed E-state index contributed by atoms with van der Waals surface area (Å²) in [4.78, 5) is 4.33. The molecule has 2 aromatic carbocycles. The van der Waals surface area contributed by atoms with Gasteiger partial charge in [0, 0.05) is 16.3 Å². The molecule has 0 saturated heterocycles. The predicted molar refractivity (Wildman–Crippen MR) is 82.2 cm³/mol. The Balaban J connectivity index is 1.82. The van der Waals surface area contributed by atoms with E-state index in [2.05, 4.69) is 36.4 Å². The van der Waals surface area contributed by atoms with Gasteiger partial charge in [-0.05, 0) is 52.9 Å². The van der Waals surface area contributed by atoms with E-state index in [4.69, 9.17) is 0 Å². The molecule has 0 spiro atoms. The number of rotatable bonds is 3. The number of benzene rings is 2. The van der Waals surface area contributed by atoms with E-state index in [0.29, 0.717) is 5.56 Å². The van der Waals surface area contributed by atoms with Crippen molar-refractivity contribution < 1.29 is 5.11 Å². The van der Waals surface area contributed by atoms with E-state index < -0.39 is 0 Å². The van der Waals surface area contributed by atoms with Gasteiger partial charge < -0.3 is 5.11 Å². The second-order valence-corrected chi connectivity index (χ2v) is 5.15. The molecule has 0 atom stereocenters. The first-order valence-corrected chi connectivity index (χ1v) is 6.88. The summed E-state index contributed by atoms with van der Waals surface area (Å²) in [5, 5.41) is 20.7. The number of phenolic OH excluding ortho intramolecular Hbond substituents is 1. The van der Waals surface area contributed by atoms with Gasteiger partial charge in [-0.25, -0.2) is 4.68 Å². The SMILES string of the molecule is Oc1ccc(Br)cc1C=Nc1ccc(-n2cnnn2)cc1. The number of nitrogens with zero attached hydrogens (tertiary/aromatic N) is 5. The van der Waals surface area contributed by atoms with Gasteiger partial charge in [0.15, 0.2) is 0 Å². The number of aromatic nitrogens is 4. The van der Waals surface area contributed by atoms with Gasteiger partial charge in [-0.3, -0.25) is 4.99 Å². The molecule has 6 nitrogen and oxygen atoms in total. The zero-order chi connectivity index (χ0) is 14.7. The molecule has 0 aliphatic rings. The van der Waals surface area contributed by atoms with Crippen LogP contribution in [0.1, 0.15) is 5.56 Å². The molecule has 3 aromatic rings. The highest BCUT2D eigenvalue weighted by Gasteiger charge is 2.00. The number of hydrogen-bond donors (Lipinski definition) is 1. The minimum absolute atomic E-state index is 0.187. The van der Waals surface area contributed by atoms with Crippen LogP contribution in [0.25, 0.3) is 5.69 Å². The van der Waals surface area contributed by atoms with Crippen molar-refractivity contribution in [2.45, 2.75) is 0 Å². The minimum atomic E-state index is 0.187. The third-order valence-electron chi connectivity index (χ3n) is 2.81. The van der Waals surface area contributed by atoms with Crippen molar-refractivity contribution >= 4 is 27.8 Å². The maximum absolute atomic E-state index is 9.74. The zero-order valence-corrected chi connectivity index (χ0v) is 12.3. The van der Waals surface area contributed by atoms with Gasteiger partial charge in [0.2, 0.25) is 0 Å². The van der Waals surface area contributed by atoms with Crippen molar-refractivity contribution in [1.29, 1.82) is 0 Å². The Hall–Kier alpha value is -2.54. The average Bonchev–Trinajstić information content (AvgIpc) is 3.03. The Morgan fingerprint density at radius 1 is 1.14 bits per heavy atom. The monoisotopic (exact) mass is 343 g/mol. The summed E-state index contributed by atoms with van der Waals surface area (Å²) in [6, 6.07) is 12.6. The summed E-state index contributed by atoms with van der Waals surface area (Å²) in [7, 11) is 0. The molecule has 0 amide bonds. The van der Waals surface area contributed by atoms with E-state index in [1.54, 1.807) is 29.1 Å². The molecule has 3 rings (SSSR count). The molecule has 104 valence electrons. The number of tetrazole rings is 1. The fourth-order valence-electron chi connectivity index (χ4n) is 1.74. The zero-order valence-electron chi connectivity index (χ0n) is 10.8. The maximum atomic E-state index is 9.74. The standard InChI is InChI=1S/C14H10BrN5O/c15-11-1-6-14(21)10(7-11)8-16-12-2-4-13(5-3-12)20-9-17-18-19-20/h1-9,21H. The van der Waals surface area contributed by atoms with Crippen LogP contribution in [-0.2, 0) is 0 Å². The van der Waals surface area contributed by atoms with E-state index in [0.717, 1.165) is 15.8 Å². The first-order chi connectivity index (χ1) is 10.2. The topological polar surface area (TPSA) is 76.2 Å². The number of aromatic hydroxyl groups is 1. The predicted octanol–water partition coefficient (Wildman–Crippen LogP) is 2.88. The summed E-state index contributed by atoms with van der Waals surface area (Å²) in [6.07, 6.45) is 3.14. The average molecular weight is 344 g/mol. The van der Waals surface area contributed by atoms with Crippen LogP contribution in [0.4, 0.5) is 5.69 Å². The fraction of sp³-hybridized carbons (Fsp3) is 0. The second kappa shape index (κ2) is 5.84. The van der Waals surface area contributed by atoms with E-state index >= 15 is 0 Å². The van der Waals surface area contributed by atoms with Crippen LogP contribution in [0.15, 0.2) is 58.3 Å². The normalized spacial score (nSPS) is 11.1. The summed E-state index contributed by atoms with van der Waals surface area (Å²) in [5.41, 5.74) is 2.27. The van der Waals surface area contributed by atoms with Crippen LogP contribution in [-0.4, -0.2) is 31.5 Å². The van der Waals surface area contributed by atoms with E-state index in [9.17, 15) is 5.11 Å². The van der Waals surface area contributed by atoms with E-state index in [-0.39, 0.29) is 5.75 Å². The van der Waals surface area contributed by atoms with Gasteiger partial charge in [-0.1, -0.05) is 15.9 Å². The van der Waals surface area contributed by atoms with Crippen LogP contribution in [0.2, 0.25) is 0 Å². The van der Waals surface area contributed by atoms with Crippen LogP contribution >= 0.6 is 15.9 Å². The van der Waals surface area contributed by atoms with Crippen LogP contribution in [0.3, 0.4) is 0 Å². The third kappa shape index (κ3) is 3.14. The van der Waals surface area contributed by atoms with Crippen molar-refractivity contribution in [3.05, 3.63) is 58.8 Å². The van der Waals surface area contributed by atoms with Gasteiger partial charge in [0.05, 0.1) is 11.4 Å². The number of hydrogen-bond acceptors (Lipinski definition) is 5. The molecule has 21 heavy (non-hydrogen) atoms. The lowest BCUT2D eigenvalue weighted by Gasteiger charge is -2.01. The Bertz CT molecular complexity index is 769. The van der Waals surface area contributed by atoms with Crippen molar-refractivity contribution in [2.75, 3.05) is 0 Å². The Labute approximate surface area is 128 Å². The highest BCUT2D eigenvalue weighted by Crippen LogP contribution is 2.21. The summed E-state index contributed by atoms with van der Waals surface area (Å²) in [5.74, 6) is 0.187. The quantitative estimate of drug-likeness (QED) is 0.742. The van der Waals surface area contributed by atoms with Crippen molar-refractivity contribution in [1.82, 2.24) is 20.2 Å².